The van der Waals surface area contributed by atoms with E-state index in [9.17, 15) is 0 Å². The third kappa shape index (κ3) is 12.8. The molecule has 21 aromatic carbocycles. The van der Waals surface area contributed by atoms with Gasteiger partial charge in [0.15, 0.2) is 29.1 Å². The number of hydrogen-bond donors (Lipinski definition) is 0. The highest BCUT2D eigenvalue weighted by molar-refractivity contribution is 9.10. The number of nitrogens with zero attached hydrogens (tertiary/aromatic N) is 6. The molecule has 0 bridgehead atoms. The lowest BCUT2D eigenvalue weighted by Gasteiger charge is -2.40. The van der Waals surface area contributed by atoms with E-state index in [1.54, 1.807) is 0 Å². The van der Waals surface area contributed by atoms with Crippen molar-refractivity contribution in [2.24, 2.45) is 0 Å². The van der Waals surface area contributed by atoms with Gasteiger partial charge in [-0.05, 0) is 259 Å². The van der Waals surface area contributed by atoms with Crippen LogP contribution in [0.15, 0.2) is 468 Å². The first kappa shape index (κ1) is 87.4. The zero-order chi connectivity index (χ0) is 98.6. The Bertz CT molecular complexity index is 9770. The Balaban J connectivity index is 0.0000000969. The van der Waals surface area contributed by atoms with Crippen molar-refractivity contribution in [3.8, 4) is 124 Å². The summed E-state index contributed by atoms with van der Waals surface area (Å²) in [5.41, 5.74) is 38.7. The lowest BCUT2D eigenvalue weighted by molar-refractivity contribution is 0.00578. The Morgan fingerprint density at radius 3 is 0.878 bits per heavy atom. The molecule has 0 radical (unpaired) electrons. The number of rotatable bonds is 6. The summed E-state index contributed by atoms with van der Waals surface area (Å²) >= 11 is 9.97. The summed E-state index contributed by atoms with van der Waals surface area (Å²) in [4.78, 5) is 28.7. The van der Waals surface area contributed by atoms with Crippen LogP contribution in [0.2, 0.25) is 5.28 Å². The highest BCUT2D eigenvalue weighted by Gasteiger charge is 2.56. The van der Waals surface area contributed by atoms with Gasteiger partial charge in [-0.25, -0.2) is 19.9 Å². The molecule has 13 heteroatoms. The van der Waals surface area contributed by atoms with E-state index in [0.29, 0.717) is 29.1 Å². The number of hydrogen-bond acceptors (Lipinski definition) is 10. The van der Waals surface area contributed by atoms with Crippen molar-refractivity contribution in [3.05, 3.63) is 531 Å². The number of para-hydroxylation sites is 2. The van der Waals surface area contributed by atoms with E-state index in [2.05, 4.69) is 404 Å². The molecule has 1 saturated heterocycles. The van der Waals surface area contributed by atoms with Crippen molar-refractivity contribution in [2.75, 3.05) is 0 Å². The molecule has 4 aromatic heterocycles. The van der Waals surface area contributed by atoms with Crippen molar-refractivity contribution in [1.82, 2.24) is 29.9 Å². The van der Waals surface area contributed by atoms with Crippen LogP contribution in [0.3, 0.4) is 0 Å². The van der Waals surface area contributed by atoms with Gasteiger partial charge in [0, 0.05) is 53.8 Å². The average Bonchev–Trinajstić information content (AvgIpc) is 1.49. The Hall–Kier alpha value is -17.2. The fraction of sp³-hybridized carbons (Fsp3) is 0.0667. The van der Waals surface area contributed by atoms with Gasteiger partial charge in [0.05, 0.1) is 27.4 Å². The molecule has 25 aromatic rings. The first-order valence-corrected chi connectivity index (χ1v) is 51.6. The largest absolute Gasteiger partial charge is 0.495 e. The van der Waals surface area contributed by atoms with Gasteiger partial charge in [-0.2, -0.15) is 9.97 Å². The van der Waals surface area contributed by atoms with E-state index in [-0.39, 0.29) is 16.1 Å². The van der Waals surface area contributed by atoms with Crippen LogP contribution in [0, 0.1) is 0 Å². The van der Waals surface area contributed by atoms with Crippen molar-refractivity contribution >= 4 is 116 Å². The lowest BCUT2D eigenvalue weighted by Crippen LogP contribution is -2.41. The van der Waals surface area contributed by atoms with Crippen LogP contribution in [-0.4, -0.2) is 48.2 Å². The first-order chi connectivity index (χ1) is 72.7. The van der Waals surface area contributed by atoms with E-state index in [4.69, 9.17) is 44.7 Å². The highest BCUT2D eigenvalue weighted by atomic mass is 79.9. The fourth-order valence-corrected chi connectivity index (χ4v) is 26.1. The minimum atomic E-state index is -0.476. The number of fused-ring (bicyclic) bond motifs is 33. The number of aromatic nitrogens is 6. The van der Waals surface area contributed by atoms with Crippen LogP contribution in [0.5, 0.6) is 0 Å². The molecule has 0 amide bonds. The quantitative estimate of drug-likeness (QED) is 0.149. The molecule has 148 heavy (non-hydrogen) atoms. The summed E-state index contributed by atoms with van der Waals surface area (Å²) in [5.74, 6) is 2.92. The van der Waals surface area contributed by atoms with E-state index >= 15 is 0 Å². The van der Waals surface area contributed by atoms with Gasteiger partial charge in [-0.3, -0.25) is 0 Å². The Labute approximate surface area is 868 Å². The number of furan rings is 2. The molecule has 3 spiro atoms. The molecule has 0 saturated carbocycles. The van der Waals surface area contributed by atoms with Gasteiger partial charge in [-0.1, -0.05) is 422 Å². The van der Waals surface area contributed by atoms with Crippen LogP contribution in [0.1, 0.15) is 94.5 Å². The predicted molar refractivity (Wildman–Crippen MR) is 604 cm³/mol. The van der Waals surface area contributed by atoms with Gasteiger partial charge >= 0.3 is 7.12 Å². The maximum atomic E-state index is 6.57. The average molecular weight is 1980 g/mol. The second kappa shape index (κ2) is 33.4. The van der Waals surface area contributed by atoms with E-state index in [1.165, 1.54) is 160 Å². The van der Waals surface area contributed by atoms with Gasteiger partial charge < -0.3 is 18.1 Å². The zero-order valence-corrected chi connectivity index (χ0v) is 83.3. The lowest BCUT2D eigenvalue weighted by atomic mass is 9.60. The van der Waals surface area contributed by atoms with Crippen molar-refractivity contribution < 1.29 is 18.1 Å². The molecule has 698 valence electrons. The molecule has 7 aliphatic rings. The van der Waals surface area contributed by atoms with E-state index in [1.807, 2.05) is 109 Å². The summed E-state index contributed by atoms with van der Waals surface area (Å²) in [7, 11) is -0.416. The van der Waals surface area contributed by atoms with Crippen molar-refractivity contribution in [3.63, 3.8) is 0 Å². The molecule has 32 rings (SSSR count). The summed E-state index contributed by atoms with van der Waals surface area (Å²) in [6.45, 7) is 8.48. The predicted octanol–water partition coefficient (Wildman–Crippen LogP) is 33.5. The Morgan fingerprint density at radius 1 is 0.209 bits per heavy atom. The SMILES string of the molecule is Brc1ccc2c3c(cccc13)C1(c3ccccc3-c3ccccc31)c1ccccc1-2.CC1(C)OB(c2ccc3c4c(cccc24)C2(c4ccccc4-c4ccccc42)c2ccccc2-3)OC1(C)C.Clc1nc(-c2ccccc2)nc(-c2ccc3c(c2)oc2ccccc23)n1.c1ccc(-c2nc(-c3ccc4c(c3)oc3ccccc34)nc(-c3ccc4c5c(cccc35)C3(c5ccccc5-c5ccccc53)c3ccccc3-4)n2)cc1. The normalized spacial score (nSPS) is 14.6. The molecule has 1 fully saturated rings. The summed E-state index contributed by atoms with van der Waals surface area (Å²) in [6, 6.07) is 163. The summed E-state index contributed by atoms with van der Waals surface area (Å²) < 4.78 is 26.5. The van der Waals surface area contributed by atoms with E-state index < -0.39 is 23.7 Å². The number of halogens is 2. The zero-order valence-electron chi connectivity index (χ0n) is 81.0. The van der Waals surface area contributed by atoms with Crippen molar-refractivity contribution in [2.45, 2.75) is 55.1 Å². The third-order valence-electron chi connectivity index (χ3n) is 32.4. The Kier molecular flexibility index (Phi) is 19.7. The molecule has 0 atom stereocenters. The van der Waals surface area contributed by atoms with Gasteiger partial charge in [0.1, 0.15) is 22.3 Å². The van der Waals surface area contributed by atoms with Crippen LogP contribution in [0.25, 0.3) is 200 Å². The molecular formula is C135H87BBrClN6O4. The van der Waals surface area contributed by atoms with Crippen LogP contribution in [-0.2, 0) is 25.6 Å². The monoisotopic (exact) mass is 1980 g/mol. The molecule has 0 unspecified atom stereocenters. The third-order valence-corrected chi connectivity index (χ3v) is 33.2. The topological polar surface area (TPSA) is 122 Å². The van der Waals surface area contributed by atoms with Gasteiger partial charge in [-0.15, -0.1) is 0 Å². The fourth-order valence-electron chi connectivity index (χ4n) is 25.5. The maximum absolute atomic E-state index is 6.57. The smallest absolute Gasteiger partial charge is 0.456 e. The highest BCUT2D eigenvalue weighted by Crippen LogP contribution is 2.67. The summed E-state index contributed by atoms with van der Waals surface area (Å²) in [5, 5.41) is 12.0. The molecule has 1 aliphatic heterocycles. The number of benzene rings is 21. The van der Waals surface area contributed by atoms with Crippen molar-refractivity contribution in [1.29, 1.82) is 0 Å². The molecule has 0 N–H and O–H groups in total. The summed E-state index contributed by atoms with van der Waals surface area (Å²) in [6.07, 6.45) is 0. The molecular weight excluding hydrogens is 1900 g/mol. The minimum Gasteiger partial charge on any atom is -0.456 e. The van der Waals surface area contributed by atoms with Crippen LogP contribution >= 0.6 is 27.5 Å². The molecule has 10 nitrogen and oxygen atoms in total. The van der Waals surface area contributed by atoms with Crippen LogP contribution in [0.4, 0.5) is 0 Å². The first-order valence-electron chi connectivity index (χ1n) is 50.4. The molecule has 5 heterocycles. The molecule has 6 aliphatic carbocycles. The van der Waals surface area contributed by atoms with Gasteiger partial charge in [0.25, 0.3) is 0 Å². The maximum Gasteiger partial charge on any atom is 0.495 e. The second-order valence-electron chi connectivity index (χ2n) is 40.3. The minimum absolute atomic E-state index is 0.165. The standard InChI is InChI=1S/C50H29N3O.C35H29BO2.C29H17Br.C21H12ClN3O/c1-2-13-30(14-3-1)47-51-48(31-25-26-36-35-18-7-11-24-44(35)54-45(36)29-31)53-49(52-47)39-28-27-38-34-17-6-10-22-42(34)50(43-23-12-19-37(39)46(38)43)40-20-8-4-15-32(40)33-16-5-9-21-41(33)50;1-33(2)34(3,4)38-36(37-33)31-21-20-25-24-14-7-10-18-29(24)35(30-19-11-15-26(31)32(25)30)27-16-8-5-12-22(27)23-13-6-9-17-28(23)35;30-27-17-16-21-20-10-3-6-14-25(20)29(26-15-7-11-22(27)28(21)26)23-12-4-1-8-18(23)19-9-2-5-13-24(19)29;22-21-24-19(13-6-2-1-3-7-13)23-20(25-21)14-10-11-16-15-8-4-5-9-17(15)26-18(16)12-14/h1-29H;5-21H,1-4H3;1-17H;1-12H. The Morgan fingerprint density at radius 2 is 0.480 bits per heavy atom. The second-order valence-corrected chi connectivity index (χ2v) is 41.5. The van der Waals surface area contributed by atoms with Gasteiger partial charge in [0.2, 0.25) is 5.28 Å². The van der Waals surface area contributed by atoms with Crippen LogP contribution < -0.4 is 5.46 Å². The van der Waals surface area contributed by atoms with E-state index in [0.717, 1.165) is 87.0 Å².